The van der Waals surface area contributed by atoms with Crippen LogP contribution in [0.1, 0.15) is 36.5 Å². The van der Waals surface area contributed by atoms with Gasteiger partial charge in [-0.3, -0.25) is 4.79 Å². The van der Waals surface area contributed by atoms with Crippen LogP contribution in [-0.2, 0) is 4.74 Å². The summed E-state index contributed by atoms with van der Waals surface area (Å²) in [5.41, 5.74) is 0.596. The highest BCUT2D eigenvalue weighted by molar-refractivity contribution is 9.10. The number of ketones is 1. The van der Waals surface area contributed by atoms with E-state index in [1.807, 2.05) is 6.92 Å². The van der Waals surface area contributed by atoms with Gasteiger partial charge in [0.05, 0.1) is 25.9 Å². The number of ether oxygens (including phenoxy) is 3. The second-order valence-corrected chi connectivity index (χ2v) is 6.08. The van der Waals surface area contributed by atoms with Gasteiger partial charge in [0.15, 0.2) is 5.78 Å². The van der Waals surface area contributed by atoms with Crippen LogP contribution in [-0.4, -0.2) is 32.7 Å². The number of carbonyl (C=O) groups excluding carboxylic acids is 1. The van der Waals surface area contributed by atoms with Gasteiger partial charge in [-0.05, 0) is 47.7 Å². The van der Waals surface area contributed by atoms with E-state index in [4.69, 9.17) is 14.2 Å². The molecule has 1 aliphatic rings. The van der Waals surface area contributed by atoms with Crippen molar-refractivity contribution in [3.05, 3.63) is 22.2 Å². The lowest BCUT2D eigenvalue weighted by molar-refractivity contribution is -0.0246. The normalized spacial score (nSPS) is 20.8. The molecule has 2 rings (SSSR count). The lowest BCUT2D eigenvalue weighted by Crippen LogP contribution is -2.32. The van der Waals surface area contributed by atoms with E-state index in [1.54, 1.807) is 26.4 Å². The monoisotopic (exact) mass is 356 g/mol. The van der Waals surface area contributed by atoms with Crippen LogP contribution in [0.5, 0.6) is 11.5 Å². The molecular weight excluding hydrogens is 336 g/mol. The number of benzene rings is 1. The van der Waals surface area contributed by atoms with Gasteiger partial charge in [-0.2, -0.15) is 0 Å². The standard InChI is InChI=1S/C16H21BrO4/c1-4-21-12-5-10(6-12)7-14(18)16-13(17)8-11(19-2)9-15(16)20-3/h8-10,12H,4-7H2,1-3H3. The second-order valence-electron chi connectivity index (χ2n) is 5.23. The molecule has 0 bridgehead atoms. The molecule has 0 heterocycles. The van der Waals surface area contributed by atoms with Gasteiger partial charge in [-0.25, -0.2) is 0 Å². The van der Waals surface area contributed by atoms with Crippen molar-refractivity contribution in [2.45, 2.75) is 32.3 Å². The molecule has 1 aliphatic carbocycles. The molecule has 0 radical (unpaired) electrons. The summed E-state index contributed by atoms with van der Waals surface area (Å²) in [6.07, 6.45) is 2.80. The largest absolute Gasteiger partial charge is 0.497 e. The fourth-order valence-corrected chi connectivity index (χ4v) is 3.33. The Morgan fingerprint density at radius 3 is 2.57 bits per heavy atom. The highest BCUT2D eigenvalue weighted by atomic mass is 79.9. The minimum Gasteiger partial charge on any atom is -0.497 e. The van der Waals surface area contributed by atoms with Crippen molar-refractivity contribution in [2.75, 3.05) is 20.8 Å². The molecule has 0 saturated heterocycles. The van der Waals surface area contributed by atoms with Crippen LogP contribution < -0.4 is 9.47 Å². The zero-order valence-corrected chi connectivity index (χ0v) is 14.2. The smallest absolute Gasteiger partial charge is 0.168 e. The topological polar surface area (TPSA) is 44.8 Å². The second kappa shape index (κ2) is 7.27. The Labute approximate surface area is 133 Å². The summed E-state index contributed by atoms with van der Waals surface area (Å²) in [5.74, 6) is 1.72. The zero-order valence-electron chi connectivity index (χ0n) is 12.6. The summed E-state index contributed by atoms with van der Waals surface area (Å²) < 4.78 is 16.8. The van der Waals surface area contributed by atoms with Crippen LogP contribution in [0.25, 0.3) is 0 Å². The van der Waals surface area contributed by atoms with Gasteiger partial charge in [0, 0.05) is 23.6 Å². The minimum absolute atomic E-state index is 0.0985. The third-order valence-corrected chi connectivity index (χ3v) is 4.46. The molecule has 0 atom stereocenters. The number of halogens is 1. The molecular formula is C16H21BrO4. The molecule has 1 aromatic rings. The first-order valence-corrected chi connectivity index (χ1v) is 7.94. The maximum Gasteiger partial charge on any atom is 0.168 e. The molecule has 0 aliphatic heterocycles. The maximum atomic E-state index is 12.5. The van der Waals surface area contributed by atoms with Crippen molar-refractivity contribution in [1.82, 2.24) is 0 Å². The van der Waals surface area contributed by atoms with Gasteiger partial charge in [-0.1, -0.05) is 0 Å². The number of Topliss-reactive ketones (excluding diaryl/α,β-unsaturated/α-hetero) is 1. The molecule has 0 spiro atoms. The SMILES string of the molecule is CCOC1CC(CC(=O)c2c(Br)cc(OC)cc2OC)C1. The first kappa shape index (κ1) is 16.3. The third-order valence-electron chi connectivity index (χ3n) is 3.83. The molecule has 1 saturated carbocycles. The van der Waals surface area contributed by atoms with Crippen molar-refractivity contribution in [3.63, 3.8) is 0 Å². The summed E-state index contributed by atoms with van der Waals surface area (Å²) in [6.45, 7) is 2.74. The predicted octanol–water partition coefficient (Wildman–Crippen LogP) is 3.85. The zero-order chi connectivity index (χ0) is 15.4. The molecule has 4 nitrogen and oxygen atoms in total. The Balaban J connectivity index is 2.06. The van der Waals surface area contributed by atoms with Gasteiger partial charge in [0.1, 0.15) is 11.5 Å². The fourth-order valence-electron chi connectivity index (χ4n) is 2.68. The Morgan fingerprint density at radius 2 is 2.00 bits per heavy atom. The summed E-state index contributed by atoms with van der Waals surface area (Å²) in [5, 5.41) is 0. The molecule has 0 unspecified atom stereocenters. The Bertz CT molecular complexity index is 509. The Hall–Kier alpha value is -1.07. The highest BCUT2D eigenvalue weighted by Gasteiger charge is 2.32. The van der Waals surface area contributed by atoms with Gasteiger partial charge >= 0.3 is 0 Å². The number of hydrogen-bond donors (Lipinski definition) is 0. The quantitative estimate of drug-likeness (QED) is 0.696. The molecule has 0 aromatic heterocycles. The number of rotatable bonds is 7. The van der Waals surface area contributed by atoms with E-state index in [1.165, 1.54) is 0 Å². The van der Waals surface area contributed by atoms with E-state index in [2.05, 4.69) is 15.9 Å². The van der Waals surface area contributed by atoms with Gasteiger partial charge in [-0.15, -0.1) is 0 Å². The third kappa shape index (κ3) is 3.77. The molecule has 5 heteroatoms. The molecule has 1 aromatic carbocycles. The van der Waals surface area contributed by atoms with Gasteiger partial charge in [0.2, 0.25) is 0 Å². The van der Waals surface area contributed by atoms with Crippen LogP contribution in [0.2, 0.25) is 0 Å². The highest BCUT2D eigenvalue weighted by Crippen LogP contribution is 2.37. The molecule has 0 amide bonds. The first-order chi connectivity index (χ1) is 10.1. The van der Waals surface area contributed by atoms with Crippen LogP contribution in [0.4, 0.5) is 0 Å². The average molecular weight is 357 g/mol. The van der Waals surface area contributed by atoms with Crippen LogP contribution >= 0.6 is 15.9 Å². The average Bonchev–Trinajstić information content (AvgIpc) is 2.43. The number of hydrogen-bond acceptors (Lipinski definition) is 4. The molecule has 116 valence electrons. The van der Waals surface area contributed by atoms with E-state index in [-0.39, 0.29) is 5.78 Å². The fraction of sp³-hybridized carbons (Fsp3) is 0.562. The van der Waals surface area contributed by atoms with Crippen molar-refractivity contribution in [2.24, 2.45) is 5.92 Å². The van der Waals surface area contributed by atoms with E-state index < -0.39 is 0 Å². The summed E-state index contributed by atoms with van der Waals surface area (Å²) in [7, 11) is 3.15. The predicted molar refractivity (Wildman–Crippen MR) is 84.3 cm³/mol. The molecule has 21 heavy (non-hydrogen) atoms. The summed E-state index contributed by atoms with van der Waals surface area (Å²) in [6, 6.07) is 3.53. The Morgan fingerprint density at radius 1 is 1.29 bits per heavy atom. The lowest BCUT2D eigenvalue weighted by atomic mass is 9.78. The van der Waals surface area contributed by atoms with E-state index in [0.717, 1.165) is 19.4 Å². The number of carbonyl (C=O) groups is 1. The minimum atomic E-state index is 0.0985. The van der Waals surface area contributed by atoms with Crippen molar-refractivity contribution < 1.29 is 19.0 Å². The van der Waals surface area contributed by atoms with E-state index >= 15 is 0 Å². The maximum absolute atomic E-state index is 12.5. The van der Waals surface area contributed by atoms with E-state index in [0.29, 0.717) is 40.0 Å². The van der Waals surface area contributed by atoms with Gasteiger partial charge in [0.25, 0.3) is 0 Å². The van der Waals surface area contributed by atoms with Crippen molar-refractivity contribution >= 4 is 21.7 Å². The van der Waals surface area contributed by atoms with Gasteiger partial charge < -0.3 is 14.2 Å². The van der Waals surface area contributed by atoms with E-state index in [9.17, 15) is 4.79 Å². The van der Waals surface area contributed by atoms with Crippen LogP contribution in [0.3, 0.4) is 0 Å². The first-order valence-electron chi connectivity index (χ1n) is 7.15. The molecule has 0 N–H and O–H groups in total. The number of methoxy groups -OCH3 is 2. The van der Waals surface area contributed by atoms with Crippen LogP contribution in [0, 0.1) is 5.92 Å². The van der Waals surface area contributed by atoms with Crippen molar-refractivity contribution in [1.29, 1.82) is 0 Å². The van der Waals surface area contributed by atoms with Crippen LogP contribution in [0.15, 0.2) is 16.6 Å². The lowest BCUT2D eigenvalue weighted by Gasteiger charge is -2.34. The van der Waals surface area contributed by atoms with Crippen molar-refractivity contribution in [3.8, 4) is 11.5 Å². The molecule has 1 fully saturated rings. The Kier molecular flexibility index (Phi) is 5.65. The summed E-state index contributed by atoms with van der Waals surface area (Å²) in [4.78, 5) is 12.5. The summed E-state index contributed by atoms with van der Waals surface area (Å²) >= 11 is 3.44.